The summed E-state index contributed by atoms with van der Waals surface area (Å²) in [6.07, 6.45) is 4.28. The highest BCUT2D eigenvalue weighted by atomic mass is 16.5. The van der Waals surface area contributed by atoms with Crippen molar-refractivity contribution >= 4 is 11.6 Å². The molecular weight excluding hydrogens is 328 g/mol. The van der Waals surface area contributed by atoms with E-state index in [2.05, 4.69) is 17.1 Å². The van der Waals surface area contributed by atoms with Crippen molar-refractivity contribution in [2.45, 2.75) is 52.1 Å². The lowest BCUT2D eigenvalue weighted by Gasteiger charge is -2.30. The molecule has 1 aromatic rings. The van der Waals surface area contributed by atoms with Gasteiger partial charge in [-0.3, -0.25) is 4.79 Å². The quantitative estimate of drug-likeness (QED) is 0.676. The van der Waals surface area contributed by atoms with E-state index in [0.29, 0.717) is 6.42 Å². The summed E-state index contributed by atoms with van der Waals surface area (Å²) >= 11 is 0. The molecule has 0 radical (unpaired) electrons. The molecule has 0 spiro atoms. The first kappa shape index (κ1) is 20.7. The average Bonchev–Trinajstić information content (AvgIpc) is 2.67. The second-order valence-electron chi connectivity index (χ2n) is 7.49. The van der Waals surface area contributed by atoms with E-state index in [1.807, 2.05) is 31.2 Å². The molecule has 1 aliphatic rings. The lowest BCUT2D eigenvalue weighted by atomic mass is 9.99. The number of piperidine rings is 1. The maximum atomic E-state index is 12.3. The number of anilines is 1. The first-order valence-corrected chi connectivity index (χ1v) is 9.78. The van der Waals surface area contributed by atoms with Gasteiger partial charge in [-0.05, 0) is 75.9 Å². The second kappa shape index (κ2) is 9.93. The van der Waals surface area contributed by atoms with Gasteiger partial charge in [-0.25, -0.2) is 0 Å². The Morgan fingerprint density at radius 1 is 1.27 bits per heavy atom. The van der Waals surface area contributed by atoms with Crippen LogP contribution in [0.15, 0.2) is 24.3 Å². The van der Waals surface area contributed by atoms with Gasteiger partial charge in [0, 0.05) is 19.3 Å². The fourth-order valence-corrected chi connectivity index (χ4v) is 3.06. The van der Waals surface area contributed by atoms with E-state index in [9.17, 15) is 4.79 Å². The van der Waals surface area contributed by atoms with Crippen molar-refractivity contribution in [3.63, 3.8) is 0 Å². The fraction of sp³-hybridized carbons (Fsp3) is 0.667. The van der Waals surface area contributed by atoms with E-state index in [-0.39, 0.29) is 5.91 Å². The Bertz CT molecular complexity index is 547. The summed E-state index contributed by atoms with van der Waals surface area (Å²) in [5.41, 5.74) is -0.0528. The number of rotatable bonds is 9. The van der Waals surface area contributed by atoms with Gasteiger partial charge in [0.2, 0.25) is 0 Å². The van der Waals surface area contributed by atoms with Crippen LogP contribution in [0.5, 0.6) is 5.75 Å². The molecule has 5 heteroatoms. The van der Waals surface area contributed by atoms with Gasteiger partial charge in [-0.1, -0.05) is 13.8 Å². The number of hydrogen-bond donors (Lipinski definition) is 1. The lowest BCUT2D eigenvalue weighted by Crippen LogP contribution is -2.41. The molecule has 0 aromatic heterocycles. The van der Waals surface area contributed by atoms with Gasteiger partial charge >= 0.3 is 0 Å². The van der Waals surface area contributed by atoms with Crippen LogP contribution in [0.3, 0.4) is 0 Å². The second-order valence-corrected chi connectivity index (χ2v) is 7.49. The van der Waals surface area contributed by atoms with E-state index >= 15 is 0 Å². The van der Waals surface area contributed by atoms with Gasteiger partial charge in [0.15, 0.2) is 0 Å². The number of likely N-dealkylation sites (tertiary alicyclic amines) is 1. The number of carbonyl (C=O) groups is 1. The van der Waals surface area contributed by atoms with E-state index < -0.39 is 5.60 Å². The highest BCUT2D eigenvalue weighted by Crippen LogP contribution is 2.20. The van der Waals surface area contributed by atoms with Crippen LogP contribution in [0, 0.1) is 5.92 Å². The van der Waals surface area contributed by atoms with Crippen molar-refractivity contribution in [3.8, 4) is 5.75 Å². The van der Waals surface area contributed by atoms with Crippen LogP contribution >= 0.6 is 0 Å². The van der Waals surface area contributed by atoms with Crippen LogP contribution in [-0.2, 0) is 9.53 Å². The number of carbonyl (C=O) groups excluding carboxylic acids is 1. The van der Waals surface area contributed by atoms with E-state index in [1.54, 1.807) is 14.0 Å². The summed E-state index contributed by atoms with van der Waals surface area (Å²) < 4.78 is 11.1. The zero-order valence-electron chi connectivity index (χ0n) is 16.7. The smallest absolute Gasteiger partial charge is 0.256 e. The van der Waals surface area contributed by atoms with E-state index in [4.69, 9.17) is 9.47 Å². The Hall–Kier alpha value is -1.59. The molecule has 0 aliphatic carbocycles. The summed E-state index contributed by atoms with van der Waals surface area (Å²) in [7, 11) is 1.56. The predicted octanol–water partition coefficient (Wildman–Crippen LogP) is 3.94. The molecule has 26 heavy (non-hydrogen) atoms. The van der Waals surface area contributed by atoms with Crippen LogP contribution in [0.4, 0.5) is 5.69 Å². The van der Waals surface area contributed by atoms with Crippen molar-refractivity contribution in [3.05, 3.63) is 24.3 Å². The Labute approximate surface area is 158 Å². The minimum absolute atomic E-state index is 0.132. The molecular formula is C21H34N2O3. The Morgan fingerprint density at radius 2 is 1.92 bits per heavy atom. The van der Waals surface area contributed by atoms with Crippen LogP contribution in [0.2, 0.25) is 0 Å². The predicted molar refractivity (Wildman–Crippen MR) is 106 cm³/mol. The largest absolute Gasteiger partial charge is 0.494 e. The minimum atomic E-state index is -0.804. The molecule has 1 amide bonds. The van der Waals surface area contributed by atoms with E-state index in [1.165, 1.54) is 25.9 Å². The number of hydrogen-bond acceptors (Lipinski definition) is 4. The maximum absolute atomic E-state index is 12.3. The molecule has 146 valence electrons. The summed E-state index contributed by atoms with van der Waals surface area (Å²) in [5.74, 6) is 1.58. The van der Waals surface area contributed by atoms with Crippen LogP contribution < -0.4 is 10.1 Å². The van der Waals surface area contributed by atoms with Crippen molar-refractivity contribution in [2.75, 3.05) is 38.7 Å². The van der Waals surface area contributed by atoms with Gasteiger partial charge in [0.1, 0.15) is 11.4 Å². The first-order valence-electron chi connectivity index (χ1n) is 9.78. The number of ether oxygens (including phenoxy) is 2. The normalized spacial score (nSPS) is 18.3. The zero-order chi connectivity index (χ0) is 19.0. The zero-order valence-corrected chi connectivity index (χ0v) is 16.7. The Morgan fingerprint density at radius 3 is 2.50 bits per heavy atom. The van der Waals surface area contributed by atoms with Crippen molar-refractivity contribution in [1.29, 1.82) is 0 Å². The molecule has 0 unspecified atom stereocenters. The molecule has 1 aromatic carbocycles. The van der Waals surface area contributed by atoms with Gasteiger partial charge in [0.05, 0.1) is 6.61 Å². The lowest BCUT2D eigenvalue weighted by molar-refractivity contribution is -0.136. The number of methoxy groups -OCH3 is 1. The summed E-state index contributed by atoms with van der Waals surface area (Å²) in [5, 5.41) is 2.90. The van der Waals surface area contributed by atoms with E-state index in [0.717, 1.165) is 36.9 Å². The average molecular weight is 363 g/mol. The molecule has 0 bridgehead atoms. The molecule has 2 rings (SSSR count). The van der Waals surface area contributed by atoms with Crippen LogP contribution in [0.1, 0.15) is 46.5 Å². The molecule has 1 aliphatic heterocycles. The van der Waals surface area contributed by atoms with Gasteiger partial charge in [-0.15, -0.1) is 0 Å². The van der Waals surface area contributed by atoms with Crippen molar-refractivity contribution < 1.29 is 14.3 Å². The summed E-state index contributed by atoms with van der Waals surface area (Å²) in [6, 6.07) is 7.53. The maximum Gasteiger partial charge on any atom is 0.256 e. The Kier molecular flexibility index (Phi) is 7.91. The highest BCUT2D eigenvalue weighted by molar-refractivity contribution is 5.97. The number of benzene rings is 1. The number of nitrogens with one attached hydrogen (secondary N) is 1. The molecule has 1 N–H and O–H groups in total. The SMILES string of the molecule is CC[C@@](C)(OC)C(=O)Nc1ccc(OCCCN2CCC(C)CC2)cc1. The first-order chi connectivity index (χ1) is 12.5. The third-order valence-electron chi connectivity index (χ3n) is 5.48. The third-order valence-corrected chi connectivity index (χ3v) is 5.48. The summed E-state index contributed by atoms with van der Waals surface area (Å²) in [4.78, 5) is 14.8. The molecule has 1 atom stereocenters. The monoisotopic (exact) mass is 362 g/mol. The van der Waals surface area contributed by atoms with Crippen LogP contribution in [-0.4, -0.2) is 49.8 Å². The van der Waals surface area contributed by atoms with Gasteiger partial charge in [0.25, 0.3) is 5.91 Å². The molecule has 0 saturated carbocycles. The van der Waals surface area contributed by atoms with Crippen molar-refractivity contribution in [1.82, 2.24) is 4.90 Å². The van der Waals surface area contributed by atoms with Gasteiger partial charge < -0.3 is 19.7 Å². The highest BCUT2D eigenvalue weighted by Gasteiger charge is 2.30. The Balaban J connectivity index is 1.71. The number of amides is 1. The number of nitrogens with zero attached hydrogens (tertiary/aromatic N) is 1. The molecule has 1 heterocycles. The fourth-order valence-electron chi connectivity index (χ4n) is 3.06. The van der Waals surface area contributed by atoms with Gasteiger partial charge in [-0.2, -0.15) is 0 Å². The standard InChI is InChI=1S/C21H34N2O3/c1-5-21(3,25-4)20(24)22-18-7-9-19(10-8-18)26-16-6-13-23-14-11-17(2)12-15-23/h7-10,17H,5-6,11-16H2,1-4H3,(H,22,24)/t21-/m1/s1. The van der Waals surface area contributed by atoms with Crippen molar-refractivity contribution in [2.24, 2.45) is 5.92 Å². The topological polar surface area (TPSA) is 50.8 Å². The minimum Gasteiger partial charge on any atom is -0.494 e. The molecule has 1 saturated heterocycles. The molecule has 1 fully saturated rings. The summed E-state index contributed by atoms with van der Waals surface area (Å²) in [6.45, 7) is 10.3. The third kappa shape index (κ3) is 5.99. The van der Waals surface area contributed by atoms with Crippen LogP contribution in [0.25, 0.3) is 0 Å². The molecule has 5 nitrogen and oxygen atoms in total.